The van der Waals surface area contributed by atoms with Crippen molar-refractivity contribution in [3.05, 3.63) is 65.5 Å². The summed E-state index contributed by atoms with van der Waals surface area (Å²) < 4.78 is 16.1. The van der Waals surface area contributed by atoms with Crippen LogP contribution in [0.15, 0.2) is 53.7 Å². The highest BCUT2D eigenvalue weighted by molar-refractivity contribution is 7.99. The average Bonchev–Trinajstić information content (AvgIpc) is 3.37. The number of methoxy groups -OCH3 is 1. The smallest absolute Gasteiger partial charge is 0.250 e. The van der Waals surface area contributed by atoms with Gasteiger partial charge < -0.3 is 24.4 Å². The van der Waals surface area contributed by atoms with Crippen LogP contribution in [-0.2, 0) is 16.1 Å². The van der Waals surface area contributed by atoms with Crippen molar-refractivity contribution in [1.82, 2.24) is 14.9 Å². The predicted octanol–water partition coefficient (Wildman–Crippen LogP) is 4.76. The summed E-state index contributed by atoms with van der Waals surface area (Å²) in [5.74, 6) is 1.51. The van der Waals surface area contributed by atoms with Gasteiger partial charge in [-0.25, -0.2) is 9.97 Å². The maximum absolute atomic E-state index is 13.7. The Morgan fingerprint density at radius 2 is 1.74 bits per heavy atom. The number of rotatable bonds is 10. The van der Waals surface area contributed by atoms with Crippen molar-refractivity contribution in [2.45, 2.75) is 51.4 Å². The summed E-state index contributed by atoms with van der Waals surface area (Å²) >= 11 is 1.26. The lowest BCUT2D eigenvalue weighted by Crippen LogP contribution is -2.57. The molecule has 1 N–H and O–H groups in total. The lowest BCUT2D eigenvalue weighted by atomic mass is 9.93. The first-order valence-corrected chi connectivity index (χ1v) is 13.3. The zero-order valence-corrected chi connectivity index (χ0v) is 23.1. The van der Waals surface area contributed by atoms with Crippen LogP contribution < -0.4 is 19.5 Å². The fourth-order valence-corrected chi connectivity index (χ4v) is 4.95. The van der Waals surface area contributed by atoms with E-state index < -0.39 is 5.54 Å². The van der Waals surface area contributed by atoms with Gasteiger partial charge in [-0.05, 0) is 63.1 Å². The summed E-state index contributed by atoms with van der Waals surface area (Å²) in [4.78, 5) is 38.0. The first-order chi connectivity index (χ1) is 18.2. The molecule has 2 aromatic carbocycles. The second-order valence-electron chi connectivity index (χ2n) is 9.20. The summed E-state index contributed by atoms with van der Waals surface area (Å²) in [6, 6.07) is 14.6. The topological polar surface area (TPSA) is 103 Å². The molecule has 2 heterocycles. The number of hydrogen-bond donors (Lipinski definition) is 1. The minimum Gasteiger partial charge on any atom is -0.497 e. The lowest BCUT2D eigenvalue weighted by Gasteiger charge is -2.39. The molecule has 1 aliphatic heterocycles. The zero-order valence-electron chi connectivity index (χ0n) is 22.2. The molecule has 0 aliphatic carbocycles. The maximum Gasteiger partial charge on any atom is 0.250 e. The van der Waals surface area contributed by atoms with E-state index in [0.717, 1.165) is 17.0 Å². The number of thioether (sulfide) groups is 1. The molecule has 1 atom stereocenters. The second kappa shape index (κ2) is 11.7. The number of ether oxygens (including phenoxy) is 3. The highest BCUT2D eigenvalue weighted by Gasteiger charge is 2.41. The first-order valence-electron chi connectivity index (χ1n) is 12.3. The Kier molecular flexibility index (Phi) is 8.41. The van der Waals surface area contributed by atoms with Crippen LogP contribution >= 0.6 is 11.8 Å². The molecular formula is C28H32N4O5S. The fourth-order valence-electron chi connectivity index (χ4n) is 4.13. The summed E-state index contributed by atoms with van der Waals surface area (Å²) in [6.45, 7) is 7.86. The van der Waals surface area contributed by atoms with Crippen molar-refractivity contribution in [2.75, 3.05) is 25.0 Å². The van der Waals surface area contributed by atoms with Gasteiger partial charge in [-0.1, -0.05) is 30.8 Å². The van der Waals surface area contributed by atoms with Crippen LogP contribution in [0, 0.1) is 13.8 Å². The van der Waals surface area contributed by atoms with Crippen LogP contribution in [0.25, 0.3) is 0 Å². The monoisotopic (exact) mass is 536 g/mol. The molecular weight excluding hydrogens is 504 g/mol. The van der Waals surface area contributed by atoms with Crippen LogP contribution in [0.5, 0.6) is 17.2 Å². The number of amides is 2. The van der Waals surface area contributed by atoms with Gasteiger partial charge in [0.25, 0.3) is 0 Å². The molecule has 4 rings (SSSR count). The predicted molar refractivity (Wildman–Crippen MR) is 146 cm³/mol. The molecule has 0 saturated carbocycles. The lowest BCUT2D eigenvalue weighted by molar-refractivity contribution is -0.143. The summed E-state index contributed by atoms with van der Waals surface area (Å²) in [6.07, 6.45) is 0.399. The molecule has 10 heteroatoms. The minimum absolute atomic E-state index is 0.0892. The Labute approximate surface area is 226 Å². The number of carbonyl (C=O) groups is 2. The number of aromatic nitrogens is 2. The van der Waals surface area contributed by atoms with Crippen LogP contribution in [0.2, 0.25) is 0 Å². The molecule has 0 radical (unpaired) electrons. The Balaban J connectivity index is 1.59. The third-order valence-electron chi connectivity index (χ3n) is 6.49. The van der Waals surface area contributed by atoms with Gasteiger partial charge in [-0.15, -0.1) is 0 Å². The largest absolute Gasteiger partial charge is 0.497 e. The van der Waals surface area contributed by atoms with Crippen molar-refractivity contribution < 1.29 is 23.8 Å². The number of hydrogen-bond acceptors (Lipinski definition) is 8. The van der Waals surface area contributed by atoms with E-state index in [1.807, 2.05) is 51.1 Å². The first kappa shape index (κ1) is 27.3. The molecule has 0 bridgehead atoms. The molecule has 0 fully saturated rings. The Bertz CT molecular complexity index is 1300. The van der Waals surface area contributed by atoms with E-state index in [2.05, 4.69) is 15.3 Å². The van der Waals surface area contributed by atoms with Crippen molar-refractivity contribution >= 4 is 29.3 Å². The van der Waals surface area contributed by atoms with Gasteiger partial charge in [0.05, 0.1) is 12.9 Å². The van der Waals surface area contributed by atoms with Crippen molar-refractivity contribution in [1.29, 1.82) is 0 Å². The molecule has 1 aliphatic rings. The van der Waals surface area contributed by atoms with Crippen molar-refractivity contribution in [3.63, 3.8) is 0 Å². The van der Waals surface area contributed by atoms with E-state index >= 15 is 0 Å². The standard InChI is InChI=1S/C28H32N4O5S/c1-6-28(4,26(34)31-21-9-12-23-24(14-21)37-17-36-23)32(15-20-7-10-22(35-5)11-8-20)25(33)16-38-27-29-18(2)13-19(3)30-27/h7-14H,6,15-17H2,1-5H3,(H,31,34). The SMILES string of the molecule is CCC(C)(C(=O)Nc1ccc2c(c1)OCO2)N(Cc1ccc(OC)cc1)C(=O)CSc1nc(C)cc(C)n1. The number of carbonyl (C=O) groups excluding carboxylic acids is 2. The molecule has 200 valence electrons. The summed E-state index contributed by atoms with van der Waals surface area (Å²) in [5.41, 5.74) is 1.97. The molecule has 2 amide bonds. The van der Waals surface area contributed by atoms with E-state index in [0.29, 0.717) is 34.5 Å². The highest BCUT2D eigenvalue weighted by atomic mass is 32.2. The van der Waals surface area contributed by atoms with E-state index in [-0.39, 0.29) is 30.9 Å². The van der Waals surface area contributed by atoms with Crippen LogP contribution in [-0.4, -0.2) is 51.9 Å². The van der Waals surface area contributed by atoms with Crippen molar-refractivity contribution in [3.8, 4) is 17.2 Å². The van der Waals surface area contributed by atoms with E-state index in [1.165, 1.54) is 11.8 Å². The Morgan fingerprint density at radius 1 is 1.05 bits per heavy atom. The number of fused-ring (bicyclic) bond motifs is 1. The number of anilines is 1. The van der Waals surface area contributed by atoms with E-state index in [9.17, 15) is 9.59 Å². The van der Waals surface area contributed by atoms with Gasteiger partial charge in [0.15, 0.2) is 16.7 Å². The molecule has 0 saturated heterocycles. The van der Waals surface area contributed by atoms with Gasteiger partial charge >= 0.3 is 0 Å². The van der Waals surface area contributed by atoms with Crippen LogP contribution in [0.1, 0.15) is 37.2 Å². The summed E-state index contributed by atoms with van der Waals surface area (Å²) in [7, 11) is 1.60. The zero-order chi connectivity index (χ0) is 27.3. The van der Waals surface area contributed by atoms with Gasteiger partial charge in [-0.3, -0.25) is 9.59 Å². The van der Waals surface area contributed by atoms with Crippen LogP contribution in [0.3, 0.4) is 0 Å². The Hall–Kier alpha value is -3.79. The number of nitrogens with one attached hydrogen (secondary N) is 1. The molecule has 0 spiro atoms. The molecule has 9 nitrogen and oxygen atoms in total. The number of nitrogens with zero attached hydrogens (tertiary/aromatic N) is 3. The third kappa shape index (κ3) is 6.19. The fraction of sp³-hybridized carbons (Fsp3) is 0.357. The maximum atomic E-state index is 13.7. The molecule has 38 heavy (non-hydrogen) atoms. The Morgan fingerprint density at radius 3 is 2.39 bits per heavy atom. The van der Waals surface area contributed by atoms with Gasteiger partial charge in [0, 0.05) is 29.7 Å². The van der Waals surface area contributed by atoms with Crippen LogP contribution in [0.4, 0.5) is 5.69 Å². The van der Waals surface area contributed by atoms with Gasteiger partial charge in [0.2, 0.25) is 18.6 Å². The van der Waals surface area contributed by atoms with Crippen molar-refractivity contribution in [2.24, 2.45) is 0 Å². The van der Waals surface area contributed by atoms with E-state index in [4.69, 9.17) is 14.2 Å². The number of benzene rings is 2. The second-order valence-corrected chi connectivity index (χ2v) is 10.1. The average molecular weight is 537 g/mol. The molecule has 3 aromatic rings. The minimum atomic E-state index is -1.14. The normalized spacial score (nSPS) is 13.5. The molecule has 1 aromatic heterocycles. The highest BCUT2D eigenvalue weighted by Crippen LogP contribution is 2.35. The quantitative estimate of drug-likeness (QED) is 0.292. The molecule has 1 unspecified atom stereocenters. The number of aryl methyl sites for hydroxylation is 2. The van der Waals surface area contributed by atoms with Gasteiger partial charge in [-0.2, -0.15) is 0 Å². The van der Waals surface area contributed by atoms with E-state index in [1.54, 1.807) is 37.1 Å². The summed E-state index contributed by atoms with van der Waals surface area (Å²) in [5, 5.41) is 3.50. The third-order valence-corrected chi connectivity index (χ3v) is 7.32. The van der Waals surface area contributed by atoms with Gasteiger partial charge in [0.1, 0.15) is 11.3 Å².